The summed E-state index contributed by atoms with van der Waals surface area (Å²) in [5.41, 5.74) is 5.15. The van der Waals surface area contributed by atoms with Crippen LogP contribution in [0.3, 0.4) is 0 Å². The molecule has 76 valence electrons. The molecule has 13 heavy (non-hydrogen) atoms. The molecule has 0 aliphatic heterocycles. The minimum absolute atomic E-state index is 0.00162. The Hall–Kier alpha value is -1.14. The standard InChI is InChI=1S/C7H14N2O4/c1-4(10)9-6(11)3-2-5(8)7(12)13/h4-5,10H,2-3,8H2,1H3,(H,9,11)(H,12,13). The first-order valence-electron chi connectivity index (χ1n) is 3.89. The molecule has 0 rings (SSSR count). The molecular weight excluding hydrogens is 176 g/mol. The van der Waals surface area contributed by atoms with Gasteiger partial charge in [-0.25, -0.2) is 0 Å². The fourth-order valence-corrected chi connectivity index (χ4v) is 0.715. The Bertz CT molecular complexity index is 193. The molecule has 2 unspecified atom stereocenters. The summed E-state index contributed by atoms with van der Waals surface area (Å²) < 4.78 is 0. The smallest absolute Gasteiger partial charge is 0.320 e. The van der Waals surface area contributed by atoms with Crippen LogP contribution < -0.4 is 11.1 Å². The molecule has 6 nitrogen and oxygen atoms in total. The lowest BCUT2D eigenvalue weighted by Gasteiger charge is -2.08. The monoisotopic (exact) mass is 190 g/mol. The molecule has 6 heteroatoms. The lowest BCUT2D eigenvalue weighted by atomic mass is 10.1. The van der Waals surface area contributed by atoms with Gasteiger partial charge in [-0.3, -0.25) is 9.59 Å². The van der Waals surface area contributed by atoms with Crippen LogP contribution in [0.1, 0.15) is 19.8 Å². The first kappa shape index (κ1) is 11.9. The zero-order valence-corrected chi connectivity index (χ0v) is 7.36. The van der Waals surface area contributed by atoms with Gasteiger partial charge in [0.15, 0.2) is 0 Å². The topological polar surface area (TPSA) is 113 Å². The third-order valence-corrected chi connectivity index (χ3v) is 1.37. The molecule has 2 atom stereocenters. The minimum Gasteiger partial charge on any atom is -0.480 e. The number of nitrogens with two attached hydrogens (primary N) is 1. The minimum atomic E-state index is -1.13. The Morgan fingerprint density at radius 3 is 2.46 bits per heavy atom. The van der Waals surface area contributed by atoms with Crippen molar-refractivity contribution < 1.29 is 19.8 Å². The van der Waals surface area contributed by atoms with Gasteiger partial charge in [0.2, 0.25) is 5.91 Å². The maximum absolute atomic E-state index is 10.9. The van der Waals surface area contributed by atoms with Crippen molar-refractivity contribution in [1.29, 1.82) is 0 Å². The summed E-state index contributed by atoms with van der Waals surface area (Å²) in [4.78, 5) is 21.1. The number of carboxylic acid groups (broad SMARTS) is 1. The average molecular weight is 190 g/mol. The van der Waals surface area contributed by atoms with E-state index in [4.69, 9.17) is 15.9 Å². The van der Waals surface area contributed by atoms with E-state index in [9.17, 15) is 9.59 Å². The molecule has 0 aromatic carbocycles. The summed E-state index contributed by atoms with van der Waals surface area (Å²) in [6, 6.07) is -1.03. The van der Waals surface area contributed by atoms with Gasteiger partial charge in [-0.2, -0.15) is 0 Å². The molecule has 0 saturated carbocycles. The number of carboxylic acids is 1. The molecule has 0 aliphatic carbocycles. The van der Waals surface area contributed by atoms with Crippen molar-refractivity contribution in [2.24, 2.45) is 5.73 Å². The molecule has 1 amide bonds. The summed E-state index contributed by atoms with van der Waals surface area (Å²) in [6.45, 7) is 1.40. The molecule has 0 heterocycles. The third-order valence-electron chi connectivity index (χ3n) is 1.37. The van der Waals surface area contributed by atoms with Gasteiger partial charge in [0.25, 0.3) is 0 Å². The number of amides is 1. The zero-order valence-electron chi connectivity index (χ0n) is 7.36. The van der Waals surface area contributed by atoms with Gasteiger partial charge in [-0.1, -0.05) is 0 Å². The largest absolute Gasteiger partial charge is 0.480 e. The first-order valence-corrected chi connectivity index (χ1v) is 3.89. The summed E-state index contributed by atoms with van der Waals surface area (Å²) in [6.07, 6.45) is -0.861. The maximum atomic E-state index is 10.9. The van der Waals surface area contributed by atoms with Crippen LogP contribution in [0.4, 0.5) is 0 Å². The predicted molar refractivity (Wildman–Crippen MR) is 44.7 cm³/mol. The summed E-state index contributed by atoms with van der Waals surface area (Å²) in [5.74, 6) is -1.54. The van der Waals surface area contributed by atoms with E-state index in [1.165, 1.54) is 6.92 Å². The first-order chi connectivity index (χ1) is 5.93. The second-order valence-corrected chi connectivity index (χ2v) is 2.73. The van der Waals surface area contributed by atoms with E-state index in [1.807, 2.05) is 0 Å². The van der Waals surface area contributed by atoms with Crippen molar-refractivity contribution >= 4 is 11.9 Å². The van der Waals surface area contributed by atoms with E-state index in [0.29, 0.717) is 0 Å². The number of hydrogen-bond donors (Lipinski definition) is 4. The van der Waals surface area contributed by atoms with Gasteiger partial charge < -0.3 is 21.3 Å². The molecule has 0 saturated heterocycles. The Balaban J connectivity index is 3.64. The van der Waals surface area contributed by atoms with Crippen molar-refractivity contribution in [3.63, 3.8) is 0 Å². The van der Waals surface area contributed by atoms with Crippen LogP contribution in [0.5, 0.6) is 0 Å². The van der Waals surface area contributed by atoms with E-state index in [2.05, 4.69) is 5.32 Å². The lowest BCUT2D eigenvalue weighted by molar-refractivity contribution is -0.138. The highest BCUT2D eigenvalue weighted by atomic mass is 16.4. The number of nitrogens with one attached hydrogen (secondary N) is 1. The van der Waals surface area contributed by atoms with Crippen LogP contribution in [-0.2, 0) is 9.59 Å². The molecular formula is C7H14N2O4. The number of carbonyl (C=O) groups is 2. The Labute approximate surface area is 75.7 Å². The number of aliphatic hydroxyl groups excluding tert-OH is 1. The molecule has 0 aromatic heterocycles. The number of aliphatic carboxylic acids is 1. The zero-order chi connectivity index (χ0) is 10.4. The average Bonchev–Trinajstić information content (AvgIpc) is 1.98. The van der Waals surface area contributed by atoms with Crippen LogP contribution in [-0.4, -0.2) is 34.4 Å². The van der Waals surface area contributed by atoms with Crippen molar-refractivity contribution in [2.45, 2.75) is 32.0 Å². The number of carbonyl (C=O) groups excluding carboxylic acids is 1. The quantitative estimate of drug-likeness (QED) is 0.400. The highest BCUT2D eigenvalue weighted by Gasteiger charge is 2.13. The summed E-state index contributed by atoms with van der Waals surface area (Å²) in [5, 5.41) is 19.3. The van der Waals surface area contributed by atoms with E-state index < -0.39 is 24.1 Å². The second kappa shape index (κ2) is 5.50. The van der Waals surface area contributed by atoms with Crippen molar-refractivity contribution in [3.05, 3.63) is 0 Å². The predicted octanol–water partition coefficient (Wildman–Crippen LogP) is -1.37. The highest BCUT2D eigenvalue weighted by molar-refractivity contribution is 5.78. The van der Waals surface area contributed by atoms with Gasteiger partial charge in [-0.05, 0) is 13.3 Å². The van der Waals surface area contributed by atoms with Crippen molar-refractivity contribution in [1.82, 2.24) is 5.32 Å². The van der Waals surface area contributed by atoms with Crippen LogP contribution in [0.25, 0.3) is 0 Å². The van der Waals surface area contributed by atoms with Gasteiger partial charge in [0.05, 0.1) is 0 Å². The Kier molecular flexibility index (Phi) is 5.01. The SMILES string of the molecule is CC(O)NC(=O)CCC(N)C(=O)O. The molecule has 5 N–H and O–H groups in total. The van der Waals surface area contributed by atoms with Gasteiger partial charge in [0, 0.05) is 6.42 Å². The molecule has 0 bridgehead atoms. The summed E-state index contributed by atoms with van der Waals surface area (Å²) >= 11 is 0. The fourth-order valence-electron chi connectivity index (χ4n) is 0.715. The maximum Gasteiger partial charge on any atom is 0.320 e. The normalized spacial score (nSPS) is 14.7. The van der Waals surface area contributed by atoms with Crippen LogP contribution in [0.15, 0.2) is 0 Å². The molecule has 0 aromatic rings. The number of rotatable bonds is 5. The van der Waals surface area contributed by atoms with Crippen molar-refractivity contribution in [3.8, 4) is 0 Å². The summed E-state index contributed by atoms with van der Waals surface area (Å²) in [7, 11) is 0. The lowest BCUT2D eigenvalue weighted by Crippen LogP contribution is -2.35. The van der Waals surface area contributed by atoms with Crippen molar-refractivity contribution in [2.75, 3.05) is 0 Å². The van der Waals surface area contributed by atoms with Crippen LogP contribution in [0, 0.1) is 0 Å². The molecule has 0 radical (unpaired) electrons. The highest BCUT2D eigenvalue weighted by Crippen LogP contribution is 1.94. The molecule has 0 aliphatic rings. The van der Waals surface area contributed by atoms with Gasteiger partial charge in [0.1, 0.15) is 12.3 Å². The van der Waals surface area contributed by atoms with Crippen LogP contribution in [0.2, 0.25) is 0 Å². The van der Waals surface area contributed by atoms with E-state index >= 15 is 0 Å². The Morgan fingerprint density at radius 1 is 1.54 bits per heavy atom. The molecule has 0 fully saturated rings. The van der Waals surface area contributed by atoms with E-state index in [0.717, 1.165) is 0 Å². The number of aliphatic hydroxyl groups is 1. The van der Waals surface area contributed by atoms with Gasteiger partial charge in [-0.15, -0.1) is 0 Å². The fraction of sp³-hybridized carbons (Fsp3) is 0.714. The van der Waals surface area contributed by atoms with Gasteiger partial charge >= 0.3 is 5.97 Å². The van der Waals surface area contributed by atoms with Crippen LogP contribution >= 0.6 is 0 Å². The van der Waals surface area contributed by atoms with E-state index in [-0.39, 0.29) is 12.8 Å². The Morgan fingerprint density at radius 2 is 2.08 bits per heavy atom. The molecule has 0 spiro atoms. The number of hydrogen-bond acceptors (Lipinski definition) is 4. The second-order valence-electron chi connectivity index (χ2n) is 2.73. The third kappa shape index (κ3) is 6.06. The van der Waals surface area contributed by atoms with E-state index in [1.54, 1.807) is 0 Å².